The Morgan fingerprint density at radius 1 is 1.60 bits per heavy atom. The van der Waals surface area contributed by atoms with Crippen LogP contribution < -0.4 is 4.16 Å². The summed E-state index contributed by atoms with van der Waals surface area (Å²) in [6.07, 6.45) is 0. The third-order valence-corrected chi connectivity index (χ3v) is 0. The third-order valence-electron chi connectivity index (χ3n) is 0. The second-order valence-corrected chi connectivity index (χ2v) is 0.289. The minimum atomic E-state index is -1.75. The number of hydrogen-bond acceptors (Lipinski definition) is 3. The van der Waals surface area contributed by atoms with Crippen molar-refractivity contribution in [1.82, 2.24) is 0 Å². The van der Waals surface area contributed by atoms with Crippen molar-refractivity contribution in [2.45, 2.75) is 0 Å². The Balaban J connectivity index is -0.0000000200. The SMILES string of the molecule is [Mg+2].[OH-].[O]=[Al][O-]. The maximum atomic E-state index is 8.46. The molecule has 0 heterocycles. The van der Waals surface area contributed by atoms with E-state index in [1.807, 2.05) is 0 Å². The molecule has 24 valence electrons. The van der Waals surface area contributed by atoms with E-state index in [0.717, 1.165) is 0 Å². The number of rotatable bonds is 0. The summed E-state index contributed by atoms with van der Waals surface area (Å²) in [5, 5.41) is 0. The molecule has 0 aliphatic rings. The van der Waals surface area contributed by atoms with E-state index in [1.54, 1.807) is 0 Å². The van der Waals surface area contributed by atoms with Crippen molar-refractivity contribution in [2.24, 2.45) is 0 Å². The first-order valence-electron chi connectivity index (χ1n) is 0.471. The molecule has 0 aliphatic carbocycles. The normalized spacial score (nSPS) is 1.60. The summed E-state index contributed by atoms with van der Waals surface area (Å²) in [5.74, 6) is 0. The van der Waals surface area contributed by atoms with Crippen LogP contribution in [0.5, 0.6) is 0 Å². The van der Waals surface area contributed by atoms with E-state index in [-0.39, 0.29) is 28.5 Å². The van der Waals surface area contributed by atoms with E-state index in [2.05, 4.69) is 0 Å². The summed E-state index contributed by atoms with van der Waals surface area (Å²) in [4.78, 5) is 0. The molecule has 5 heavy (non-hydrogen) atoms. The molecule has 0 amide bonds. The van der Waals surface area contributed by atoms with Crippen molar-refractivity contribution in [3.8, 4) is 0 Å². The molecule has 0 rings (SSSR count). The molecule has 3 nitrogen and oxygen atoms in total. The van der Waals surface area contributed by atoms with Gasteiger partial charge >= 0.3 is 46.5 Å². The molecule has 0 aliphatic heterocycles. The Kier molecular flexibility index (Phi) is 70.9. The molecule has 0 atom stereocenters. The summed E-state index contributed by atoms with van der Waals surface area (Å²) < 4.78 is 16.9. The molecule has 0 radical (unpaired) electrons. The average molecular weight is 100 g/mol. The van der Waals surface area contributed by atoms with Crippen LogP contribution in [0.25, 0.3) is 0 Å². The van der Waals surface area contributed by atoms with Gasteiger partial charge in [0.05, 0.1) is 0 Å². The second-order valence-electron chi connectivity index (χ2n) is 0.0962. The molecule has 0 aromatic carbocycles. The fourth-order valence-corrected chi connectivity index (χ4v) is 0. The Morgan fingerprint density at radius 2 is 1.60 bits per heavy atom. The molecular formula is HAlMgO3. The summed E-state index contributed by atoms with van der Waals surface area (Å²) in [7, 11) is 0. The van der Waals surface area contributed by atoms with Gasteiger partial charge in [0.25, 0.3) is 0 Å². The maximum absolute atomic E-state index is 8.46. The Bertz CT molecular complexity index is 14.4. The van der Waals surface area contributed by atoms with Crippen LogP contribution in [0.1, 0.15) is 0 Å². The van der Waals surface area contributed by atoms with E-state index < -0.39 is 15.5 Å². The first-order chi connectivity index (χ1) is 1.41. The fourth-order valence-electron chi connectivity index (χ4n) is 0. The van der Waals surface area contributed by atoms with Crippen molar-refractivity contribution in [1.29, 1.82) is 0 Å². The third kappa shape index (κ3) is 53.8. The van der Waals surface area contributed by atoms with Crippen LogP contribution >= 0.6 is 0 Å². The molecule has 0 aromatic rings. The van der Waals surface area contributed by atoms with Crippen LogP contribution in [0, 0.1) is 0 Å². The topological polar surface area (TPSA) is 70.1 Å². The second kappa shape index (κ2) is 20.9. The summed E-state index contributed by atoms with van der Waals surface area (Å²) in [6.45, 7) is 0. The molecule has 0 saturated heterocycles. The summed E-state index contributed by atoms with van der Waals surface area (Å²) in [5.41, 5.74) is 0. The van der Waals surface area contributed by atoms with Gasteiger partial charge in [-0.2, -0.15) is 0 Å². The summed E-state index contributed by atoms with van der Waals surface area (Å²) >= 11 is -1.75. The van der Waals surface area contributed by atoms with Crippen LogP contribution in [0.4, 0.5) is 0 Å². The zero-order valence-corrected chi connectivity index (χ0v) is 5.12. The minimum absolute atomic E-state index is 0. The van der Waals surface area contributed by atoms with Crippen molar-refractivity contribution < 1.29 is 13.4 Å². The van der Waals surface area contributed by atoms with Gasteiger partial charge in [-0.05, 0) is 0 Å². The predicted molar refractivity (Wildman–Crippen MR) is 14.1 cm³/mol. The van der Waals surface area contributed by atoms with E-state index in [9.17, 15) is 0 Å². The molecular weight excluding hydrogens is 99.3 g/mol. The van der Waals surface area contributed by atoms with Crippen molar-refractivity contribution in [3.05, 3.63) is 0 Å². The molecule has 0 aromatic heterocycles. The van der Waals surface area contributed by atoms with Crippen LogP contribution in [-0.2, 0) is 3.80 Å². The first kappa shape index (κ1) is 16.9. The Labute approximate surface area is 52.1 Å². The monoisotopic (exact) mass is 100.0 g/mol. The van der Waals surface area contributed by atoms with Gasteiger partial charge in [0, 0.05) is 0 Å². The van der Waals surface area contributed by atoms with Gasteiger partial charge in [-0.15, -0.1) is 0 Å². The van der Waals surface area contributed by atoms with Crippen LogP contribution in [-0.4, -0.2) is 44.0 Å². The van der Waals surface area contributed by atoms with Gasteiger partial charge in [-0.25, -0.2) is 0 Å². The van der Waals surface area contributed by atoms with Gasteiger partial charge in [-0.3, -0.25) is 0 Å². The van der Waals surface area contributed by atoms with Crippen molar-refractivity contribution >= 4 is 38.5 Å². The molecule has 0 bridgehead atoms. The van der Waals surface area contributed by atoms with Crippen molar-refractivity contribution in [2.75, 3.05) is 0 Å². The van der Waals surface area contributed by atoms with Crippen LogP contribution in [0.2, 0.25) is 0 Å². The molecule has 1 N–H and O–H groups in total. The quantitative estimate of drug-likeness (QED) is 0.323. The number of hydrogen-bond donors (Lipinski definition) is 0. The first-order valence-corrected chi connectivity index (χ1v) is 1.41. The molecule has 0 spiro atoms. The van der Waals surface area contributed by atoms with Crippen LogP contribution in [0.15, 0.2) is 0 Å². The van der Waals surface area contributed by atoms with Crippen molar-refractivity contribution in [3.63, 3.8) is 0 Å². The Hall–Kier alpha value is 0.859. The van der Waals surface area contributed by atoms with Gasteiger partial charge in [-0.1, -0.05) is 0 Å². The van der Waals surface area contributed by atoms with Gasteiger partial charge in [0.2, 0.25) is 0 Å². The average Bonchev–Trinajstić information content (AvgIpc) is 0.918. The molecule has 0 fully saturated rings. The van der Waals surface area contributed by atoms with Gasteiger partial charge in [0.1, 0.15) is 0 Å². The summed E-state index contributed by atoms with van der Waals surface area (Å²) in [6, 6.07) is 0. The van der Waals surface area contributed by atoms with E-state index in [1.165, 1.54) is 0 Å². The standard InChI is InChI=1S/Al.Mg.H2O.2O/h;;1H2;;/q;+2;;;-1/p-1. The van der Waals surface area contributed by atoms with Crippen LogP contribution in [0.3, 0.4) is 0 Å². The Morgan fingerprint density at radius 3 is 1.60 bits per heavy atom. The van der Waals surface area contributed by atoms with Gasteiger partial charge in [0.15, 0.2) is 0 Å². The van der Waals surface area contributed by atoms with E-state index >= 15 is 0 Å². The molecule has 0 saturated carbocycles. The zero-order valence-electron chi connectivity index (χ0n) is 2.55. The van der Waals surface area contributed by atoms with Gasteiger partial charge < -0.3 is 5.48 Å². The zero-order chi connectivity index (χ0) is 2.71. The molecule has 0 unspecified atom stereocenters. The van der Waals surface area contributed by atoms with E-state index in [0.29, 0.717) is 0 Å². The predicted octanol–water partition coefficient (Wildman–Crippen LogP) is -2.25. The molecule has 5 heteroatoms. The van der Waals surface area contributed by atoms with E-state index in [4.69, 9.17) is 7.96 Å². The fraction of sp³-hybridized carbons (Fsp3) is 0.